The monoisotopic (exact) mass is 385 g/mol. The van der Waals surface area contributed by atoms with E-state index in [2.05, 4.69) is 5.32 Å². The van der Waals surface area contributed by atoms with Gasteiger partial charge in [-0.15, -0.1) is 0 Å². The van der Waals surface area contributed by atoms with Crippen molar-refractivity contribution in [2.24, 2.45) is 5.92 Å². The molecule has 148 valence electrons. The number of carbonyl (C=O) groups excluding carboxylic acids is 3. The minimum absolute atomic E-state index is 0.00347. The maximum Gasteiger partial charge on any atom is 0.326 e. The third-order valence-corrected chi connectivity index (χ3v) is 6.09. The van der Waals surface area contributed by atoms with Crippen LogP contribution < -0.4 is 5.32 Å². The molecule has 1 saturated carbocycles. The van der Waals surface area contributed by atoms with Gasteiger partial charge in [-0.1, -0.05) is 25.0 Å². The van der Waals surface area contributed by atoms with Gasteiger partial charge >= 0.3 is 12.0 Å². The van der Waals surface area contributed by atoms with Crippen LogP contribution >= 0.6 is 0 Å². The summed E-state index contributed by atoms with van der Waals surface area (Å²) in [5.41, 5.74) is 1.16. The average molecular weight is 385 g/mol. The first-order valence-corrected chi connectivity index (χ1v) is 9.68. The molecule has 4 amide bonds. The number of carboxylic acids is 1. The van der Waals surface area contributed by atoms with E-state index in [1.54, 1.807) is 29.2 Å². The van der Waals surface area contributed by atoms with Gasteiger partial charge in [-0.25, -0.2) is 9.59 Å². The molecule has 0 spiro atoms. The molecule has 2 saturated heterocycles. The largest absolute Gasteiger partial charge is 0.480 e. The summed E-state index contributed by atoms with van der Waals surface area (Å²) >= 11 is 0. The van der Waals surface area contributed by atoms with Crippen molar-refractivity contribution >= 4 is 23.8 Å². The van der Waals surface area contributed by atoms with Crippen LogP contribution in [0, 0.1) is 5.92 Å². The van der Waals surface area contributed by atoms with Crippen molar-refractivity contribution in [3.05, 3.63) is 35.4 Å². The van der Waals surface area contributed by atoms with E-state index in [1.165, 1.54) is 0 Å². The Balaban J connectivity index is 1.51. The number of imide groups is 1. The van der Waals surface area contributed by atoms with Gasteiger partial charge in [-0.05, 0) is 42.9 Å². The van der Waals surface area contributed by atoms with E-state index in [-0.39, 0.29) is 36.9 Å². The Morgan fingerprint density at radius 3 is 2.46 bits per heavy atom. The molecule has 0 bridgehead atoms. The first-order chi connectivity index (χ1) is 13.5. The summed E-state index contributed by atoms with van der Waals surface area (Å²) < 4.78 is 0. The number of hydrogen-bond donors (Lipinski definition) is 2. The summed E-state index contributed by atoms with van der Waals surface area (Å²) in [6.45, 7) is 0.148. The smallest absolute Gasteiger partial charge is 0.326 e. The molecule has 3 unspecified atom stereocenters. The second kappa shape index (κ2) is 7.26. The summed E-state index contributed by atoms with van der Waals surface area (Å²) in [6, 6.07) is 5.50. The van der Waals surface area contributed by atoms with E-state index in [0.29, 0.717) is 12.0 Å². The molecule has 3 atom stereocenters. The second-order valence-corrected chi connectivity index (χ2v) is 7.75. The summed E-state index contributed by atoms with van der Waals surface area (Å²) in [5, 5.41) is 12.1. The van der Waals surface area contributed by atoms with E-state index in [1.807, 2.05) is 0 Å². The molecule has 3 fully saturated rings. The number of rotatable bonds is 4. The van der Waals surface area contributed by atoms with Gasteiger partial charge in [0.15, 0.2) is 0 Å². The number of nitrogens with one attached hydrogen (secondary N) is 1. The van der Waals surface area contributed by atoms with E-state index in [9.17, 15) is 24.3 Å². The number of carbonyl (C=O) groups is 4. The summed E-state index contributed by atoms with van der Waals surface area (Å²) in [5.74, 6) is -1.23. The zero-order valence-corrected chi connectivity index (χ0v) is 15.5. The Morgan fingerprint density at radius 2 is 1.82 bits per heavy atom. The minimum atomic E-state index is -0.946. The van der Waals surface area contributed by atoms with Crippen LogP contribution in [0.2, 0.25) is 0 Å². The molecule has 0 radical (unpaired) electrons. The van der Waals surface area contributed by atoms with Crippen LogP contribution in [0.25, 0.3) is 0 Å². The molecular formula is C20H23N3O5. The molecule has 8 nitrogen and oxygen atoms in total. The predicted molar refractivity (Wildman–Crippen MR) is 98.3 cm³/mol. The van der Waals surface area contributed by atoms with Gasteiger partial charge in [-0.3, -0.25) is 14.5 Å². The minimum Gasteiger partial charge on any atom is -0.480 e. The van der Waals surface area contributed by atoms with E-state index in [0.717, 1.165) is 36.1 Å². The molecule has 1 aliphatic carbocycles. The highest BCUT2D eigenvalue weighted by molar-refractivity contribution is 6.02. The molecule has 1 aromatic rings. The Hall–Kier alpha value is -2.90. The molecule has 8 heteroatoms. The maximum atomic E-state index is 13.1. The predicted octanol–water partition coefficient (Wildman–Crippen LogP) is 1.60. The average Bonchev–Trinajstić information content (AvgIpc) is 3.23. The molecule has 2 N–H and O–H groups in total. The van der Waals surface area contributed by atoms with Gasteiger partial charge in [-0.2, -0.15) is 0 Å². The van der Waals surface area contributed by atoms with Crippen molar-refractivity contribution in [2.75, 3.05) is 6.54 Å². The Labute approximate surface area is 162 Å². The number of urea groups is 1. The number of likely N-dealkylation sites (tertiary alicyclic amines) is 1. The number of amides is 4. The van der Waals surface area contributed by atoms with Gasteiger partial charge in [0.1, 0.15) is 6.04 Å². The highest BCUT2D eigenvalue weighted by atomic mass is 16.4. The van der Waals surface area contributed by atoms with Crippen LogP contribution in [0.1, 0.15) is 48.0 Å². The fourth-order valence-electron chi connectivity index (χ4n) is 4.67. The number of benzene rings is 1. The summed E-state index contributed by atoms with van der Waals surface area (Å²) in [6.07, 6.45) is 4.46. The normalized spacial score (nSPS) is 26.9. The van der Waals surface area contributed by atoms with Crippen molar-refractivity contribution in [1.29, 1.82) is 0 Å². The zero-order valence-electron chi connectivity index (χ0n) is 15.5. The van der Waals surface area contributed by atoms with Crippen LogP contribution in [-0.4, -0.2) is 57.3 Å². The van der Waals surface area contributed by atoms with Crippen LogP contribution in [0.4, 0.5) is 4.79 Å². The van der Waals surface area contributed by atoms with E-state index >= 15 is 0 Å². The fraction of sp³-hybridized carbons (Fsp3) is 0.500. The Bertz CT molecular complexity index is 806. The number of fused-ring (bicyclic) bond motifs is 1. The topological polar surface area (TPSA) is 107 Å². The van der Waals surface area contributed by atoms with Gasteiger partial charge in [0, 0.05) is 11.6 Å². The molecule has 28 heavy (non-hydrogen) atoms. The highest BCUT2D eigenvalue weighted by Crippen LogP contribution is 2.40. The zero-order chi connectivity index (χ0) is 19.8. The SMILES string of the molecule is O=C(O)C1CC2CCCCC2N1C(=O)c1ccc(CN2C(=O)CNC2=O)cc1. The molecule has 2 heterocycles. The third-order valence-electron chi connectivity index (χ3n) is 6.09. The van der Waals surface area contributed by atoms with Crippen molar-refractivity contribution in [3.8, 4) is 0 Å². The summed E-state index contributed by atoms with van der Waals surface area (Å²) in [4.78, 5) is 50.9. The first kappa shape index (κ1) is 18.5. The van der Waals surface area contributed by atoms with E-state index < -0.39 is 18.0 Å². The molecule has 4 rings (SSSR count). The summed E-state index contributed by atoms with van der Waals surface area (Å²) in [7, 11) is 0. The van der Waals surface area contributed by atoms with Gasteiger partial charge in [0.2, 0.25) is 5.91 Å². The van der Waals surface area contributed by atoms with Crippen molar-refractivity contribution in [1.82, 2.24) is 15.1 Å². The van der Waals surface area contributed by atoms with Crippen molar-refractivity contribution in [2.45, 2.75) is 50.7 Å². The van der Waals surface area contributed by atoms with Gasteiger partial charge in [0.25, 0.3) is 5.91 Å². The Morgan fingerprint density at radius 1 is 1.11 bits per heavy atom. The van der Waals surface area contributed by atoms with Crippen LogP contribution in [0.15, 0.2) is 24.3 Å². The van der Waals surface area contributed by atoms with Crippen LogP contribution in [-0.2, 0) is 16.1 Å². The van der Waals surface area contributed by atoms with Crippen molar-refractivity contribution < 1.29 is 24.3 Å². The molecular weight excluding hydrogens is 362 g/mol. The van der Waals surface area contributed by atoms with Crippen LogP contribution in [0.3, 0.4) is 0 Å². The third kappa shape index (κ3) is 3.23. The molecule has 0 aromatic heterocycles. The number of nitrogens with zero attached hydrogens (tertiary/aromatic N) is 2. The Kier molecular flexibility index (Phi) is 4.78. The lowest BCUT2D eigenvalue weighted by Gasteiger charge is -2.33. The quantitative estimate of drug-likeness (QED) is 0.766. The standard InChI is InChI=1S/C20H23N3O5/c24-17-10-21-20(28)22(17)11-12-5-7-13(8-6-12)18(25)23-15-4-2-1-3-14(15)9-16(23)19(26)27/h5-8,14-16H,1-4,9-11H2,(H,21,28)(H,26,27). The lowest BCUT2D eigenvalue weighted by molar-refractivity contribution is -0.141. The highest BCUT2D eigenvalue weighted by Gasteiger charge is 2.47. The van der Waals surface area contributed by atoms with Crippen LogP contribution in [0.5, 0.6) is 0 Å². The first-order valence-electron chi connectivity index (χ1n) is 9.68. The molecule has 1 aromatic carbocycles. The number of hydrogen-bond acceptors (Lipinski definition) is 4. The number of carboxylic acid groups (broad SMARTS) is 1. The van der Waals surface area contributed by atoms with Gasteiger partial charge < -0.3 is 15.3 Å². The van der Waals surface area contributed by atoms with Gasteiger partial charge in [0.05, 0.1) is 13.1 Å². The second-order valence-electron chi connectivity index (χ2n) is 7.75. The van der Waals surface area contributed by atoms with E-state index in [4.69, 9.17) is 0 Å². The van der Waals surface area contributed by atoms with Crippen molar-refractivity contribution in [3.63, 3.8) is 0 Å². The molecule has 2 aliphatic heterocycles. The fourth-order valence-corrected chi connectivity index (χ4v) is 4.67. The lowest BCUT2D eigenvalue weighted by Crippen LogP contribution is -2.46. The maximum absolute atomic E-state index is 13.1. The lowest BCUT2D eigenvalue weighted by atomic mass is 9.84. The molecule has 3 aliphatic rings. The number of aliphatic carboxylic acids is 1.